The zero-order valence-electron chi connectivity index (χ0n) is 12.3. The summed E-state index contributed by atoms with van der Waals surface area (Å²) >= 11 is 3.48. The monoisotopic (exact) mass is 342 g/mol. The van der Waals surface area contributed by atoms with Crippen molar-refractivity contribution in [1.82, 2.24) is 10.2 Å². The largest absolute Gasteiger partial charge is 0.313 e. The molecule has 0 amide bonds. The molecule has 0 aromatic heterocycles. The Balaban J connectivity index is 2.07. The highest BCUT2D eigenvalue weighted by Gasteiger charge is 2.22. The summed E-state index contributed by atoms with van der Waals surface area (Å²) < 4.78 is 14.0. The average molecular weight is 343 g/mol. The van der Waals surface area contributed by atoms with Gasteiger partial charge in [0.2, 0.25) is 0 Å². The van der Waals surface area contributed by atoms with E-state index in [9.17, 15) is 4.39 Å². The van der Waals surface area contributed by atoms with E-state index in [-0.39, 0.29) is 5.82 Å². The molecule has 20 heavy (non-hydrogen) atoms. The molecule has 2 nitrogen and oxygen atoms in total. The van der Waals surface area contributed by atoms with E-state index in [1.165, 1.54) is 19.3 Å². The summed E-state index contributed by atoms with van der Waals surface area (Å²) in [5.41, 5.74) is 1.16. The summed E-state index contributed by atoms with van der Waals surface area (Å²) in [7, 11) is 0. The summed E-state index contributed by atoms with van der Waals surface area (Å²) in [6.45, 7) is 7.56. The summed E-state index contributed by atoms with van der Waals surface area (Å²) in [5, 5.41) is 3.64. The van der Waals surface area contributed by atoms with Gasteiger partial charge in [0.15, 0.2) is 0 Å². The van der Waals surface area contributed by atoms with E-state index in [1.807, 2.05) is 6.07 Å². The molecule has 0 radical (unpaired) electrons. The van der Waals surface area contributed by atoms with Crippen LogP contribution in [0.15, 0.2) is 22.7 Å². The first-order valence-corrected chi connectivity index (χ1v) is 8.30. The second kappa shape index (κ2) is 7.53. The average Bonchev–Trinajstić information content (AvgIpc) is 2.56. The fourth-order valence-corrected chi connectivity index (χ4v) is 3.31. The molecule has 1 aliphatic rings. The standard InChI is InChI=1S/C16H24BrFN2/c1-3-4-15-11-20(12(2)7-8-19-15)10-13-5-6-14(18)9-16(13)17/h5-6,9,12,15,19H,3-4,7-8,10-11H2,1-2H3. The van der Waals surface area contributed by atoms with Gasteiger partial charge in [0.05, 0.1) is 0 Å². The molecule has 112 valence electrons. The lowest BCUT2D eigenvalue weighted by Gasteiger charge is -2.29. The number of nitrogens with one attached hydrogen (secondary N) is 1. The molecular weight excluding hydrogens is 319 g/mol. The van der Waals surface area contributed by atoms with Gasteiger partial charge in [-0.15, -0.1) is 0 Å². The summed E-state index contributed by atoms with van der Waals surface area (Å²) in [5.74, 6) is -0.185. The van der Waals surface area contributed by atoms with Crippen LogP contribution in [0.5, 0.6) is 0 Å². The third-order valence-corrected chi connectivity index (χ3v) is 4.84. The molecule has 1 aromatic rings. The van der Waals surface area contributed by atoms with Crippen LogP contribution in [0.1, 0.15) is 38.7 Å². The van der Waals surface area contributed by atoms with Gasteiger partial charge in [-0.1, -0.05) is 35.3 Å². The smallest absolute Gasteiger partial charge is 0.124 e. The molecule has 1 aromatic carbocycles. The van der Waals surface area contributed by atoms with Gasteiger partial charge in [0.25, 0.3) is 0 Å². The van der Waals surface area contributed by atoms with Crippen LogP contribution in [0, 0.1) is 5.82 Å². The van der Waals surface area contributed by atoms with Crippen molar-refractivity contribution in [3.05, 3.63) is 34.1 Å². The highest BCUT2D eigenvalue weighted by atomic mass is 79.9. The Bertz CT molecular complexity index is 438. The van der Waals surface area contributed by atoms with E-state index in [0.717, 1.165) is 29.7 Å². The van der Waals surface area contributed by atoms with Crippen molar-refractivity contribution in [1.29, 1.82) is 0 Å². The maximum Gasteiger partial charge on any atom is 0.124 e. The molecule has 1 saturated heterocycles. The Morgan fingerprint density at radius 3 is 2.95 bits per heavy atom. The molecule has 1 N–H and O–H groups in total. The zero-order valence-corrected chi connectivity index (χ0v) is 13.9. The van der Waals surface area contributed by atoms with E-state index < -0.39 is 0 Å². The normalized spacial score (nSPS) is 24.6. The van der Waals surface area contributed by atoms with Crippen LogP contribution in [0.2, 0.25) is 0 Å². The van der Waals surface area contributed by atoms with E-state index >= 15 is 0 Å². The SMILES string of the molecule is CCCC1CN(Cc2ccc(F)cc2Br)C(C)CCN1. The predicted molar refractivity (Wildman–Crippen MR) is 85.3 cm³/mol. The highest BCUT2D eigenvalue weighted by molar-refractivity contribution is 9.10. The van der Waals surface area contributed by atoms with Gasteiger partial charge in [-0.05, 0) is 44.0 Å². The van der Waals surface area contributed by atoms with Crippen LogP contribution in [0.25, 0.3) is 0 Å². The Morgan fingerprint density at radius 2 is 2.25 bits per heavy atom. The number of rotatable bonds is 4. The maximum absolute atomic E-state index is 13.2. The fourth-order valence-electron chi connectivity index (χ4n) is 2.84. The minimum atomic E-state index is -0.185. The van der Waals surface area contributed by atoms with Gasteiger partial charge in [-0.25, -0.2) is 4.39 Å². The van der Waals surface area contributed by atoms with Crippen LogP contribution in [-0.2, 0) is 6.54 Å². The number of hydrogen-bond donors (Lipinski definition) is 1. The second-order valence-corrected chi connectivity index (χ2v) is 6.60. The van der Waals surface area contributed by atoms with Crippen LogP contribution in [0.3, 0.4) is 0 Å². The molecule has 1 heterocycles. The van der Waals surface area contributed by atoms with Crippen molar-refractivity contribution in [2.24, 2.45) is 0 Å². The first kappa shape index (κ1) is 15.9. The topological polar surface area (TPSA) is 15.3 Å². The predicted octanol–water partition coefficient (Wildman–Crippen LogP) is 3.94. The lowest BCUT2D eigenvalue weighted by atomic mass is 10.1. The molecule has 0 bridgehead atoms. The van der Waals surface area contributed by atoms with E-state index in [0.29, 0.717) is 12.1 Å². The highest BCUT2D eigenvalue weighted by Crippen LogP contribution is 2.22. The van der Waals surface area contributed by atoms with E-state index in [2.05, 4.69) is 40.0 Å². The van der Waals surface area contributed by atoms with Gasteiger partial charge < -0.3 is 5.32 Å². The molecule has 0 saturated carbocycles. The molecule has 1 aliphatic heterocycles. The lowest BCUT2D eigenvalue weighted by Crippen LogP contribution is -2.39. The summed E-state index contributed by atoms with van der Waals surface area (Å²) in [4.78, 5) is 2.51. The summed E-state index contributed by atoms with van der Waals surface area (Å²) in [6.07, 6.45) is 3.59. The Labute approximate surface area is 129 Å². The van der Waals surface area contributed by atoms with Crippen LogP contribution in [-0.4, -0.2) is 30.1 Å². The Kier molecular flexibility index (Phi) is 6.00. The maximum atomic E-state index is 13.2. The van der Waals surface area contributed by atoms with Gasteiger partial charge in [0, 0.05) is 29.6 Å². The van der Waals surface area contributed by atoms with Crippen LogP contribution in [0.4, 0.5) is 4.39 Å². The van der Waals surface area contributed by atoms with Crippen molar-refractivity contribution < 1.29 is 4.39 Å². The minimum Gasteiger partial charge on any atom is -0.313 e. The van der Waals surface area contributed by atoms with Gasteiger partial charge in [-0.3, -0.25) is 4.90 Å². The first-order valence-electron chi connectivity index (χ1n) is 7.51. The number of benzene rings is 1. The van der Waals surface area contributed by atoms with E-state index in [1.54, 1.807) is 12.1 Å². The molecule has 0 aliphatic carbocycles. The minimum absolute atomic E-state index is 0.185. The van der Waals surface area contributed by atoms with Crippen molar-refractivity contribution in [3.8, 4) is 0 Å². The zero-order chi connectivity index (χ0) is 14.5. The Hall–Kier alpha value is -0.450. The van der Waals surface area contributed by atoms with Crippen molar-refractivity contribution in [2.45, 2.75) is 51.7 Å². The number of halogens is 2. The van der Waals surface area contributed by atoms with Gasteiger partial charge in [-0.2, -0.15) is 0 Å². The molecular formula is C16H24BrFN2. The third-order valence-electron chi connectivity index (χ3n) is 4.10. The van der Waals surface area contributed by atoms with Crippen molar-refractivity contribution in [3.63, 3.8) is 0 Å². The quantitative estimate of drug-likeness (QED) is 0.891. The third kappa shape index (κ3) is 4.27. The fraction of sp³-hybridized carbons (Fsp3) is 0.625. The molecule has 2 rings (SSSR count). The number of hydrogen-bond acceptors (Lipinski definition) is 2. The molecule has 2 unspecified atom stereocenters. The first-order chi connectivity index (χ1) is 9.60. The summed E-state index contributed by atoms with van der Waals surface area (Å²) in [6, 6.07) is 6.12. The van der Waals surface area contributed by atoms with Gasteiger partial charge >= 0.3 is 0 Å². The molecule has 2 atom stereocenters. The van der Waals surface area contributed by atoms with E-state index in [4.69, 9.17) is 0 Å². The van der Waals surface area contributed by atoms with Crippen molar-refractivity contribution in [2.75, 3.05) is 13.1 Å². The van der Waals surface area contributed by atoms with Crippen LogP contribution >= 0.6 is 15.9 Å². The number of nitrogens with zero attached hydrogens (tertiary/aromatic N) is 1. The Morgan fingerprint density at radius 1 is 1.45 bits per heavy atom. The van der Waals surface area contributed by atoms with Crippen LogP contribution < -0.4 is 5.32 Å². The molecule has 4 heteroatoms. The second-order valence-electron chi connectivity index (χ2n) is 5.74. The van der Waals surface area contributed by atoms with Crippen molar-refractivity contribution >= 4 is 15.9 Å². The lowest BCUT2D eigenvalue weighted by molar-refractivity contribution is 0.193. The molecule has 0 spiro atoms. The van der Waals surface area contributed by atoms with Gasteiger partial charge in [0.1, 0.15) is 5.82 Å². The molecule has 1 fully saturated rings.